The van der Waals surface area contributed by atoms with Gasteiger partial charge in [0.05, 0.1) is 0 Å². The maximum atomic E-state index is 5.27. The van der Waals surface area contributed by atoms with E-state index in [1.165, 1.54) is 0 Å². The van der Waals surface area contributed by atoms with E-state index in [1.807, 2.05) is 24.3 Å². The van der Waals surface area contributed by atoms with Gasteiger partial charge in [-0.1, -0.05) is 27.2 Å². The lowest BCUT2D eigenvalue weighted by Gasteiger charge is -2.25. The SMILES string of the molecule is Brc1cccc(-c2nc(CC3CNC3)no2)c1. The first kappa shape index (κ1) is 10.9. The Labute approximate surface area is 108 Å². The molecule has 0 atom stereocenters. The average molecular weight is 294 g/mol. The molecule has 0 aliphatic carbocycles. The van der Waals surface area contributed by atoms with E-state index in [1.54, 1.807) is 0 Å². The highest BCUT2D eigenvalue weighted by Gasteiger charge is 2.20. The molecule has 1 aromatic carbocycles. The fourth-order valence-corrected chi connectivity index (χ4v) is 2.23. The molecule has 1 saturated heterocycles. The summed E-state index contributed by atoms with van der Waals surface area (Å²) >= 11 is 3.43. The molecular formula is C12H12BrN3O. The van der Waals surface area contributed by atoms with E-state index in [2.05, 4.69) is 31.4 Å². The van der Waals surface area contributed by atoms with Gasteiger partial charge in [-0.05, 0) is 37.2 Å². The van der Waals surface area contributed by atoms with E-state index in [0.29, 0.717) is 11.8 Å². The van der Waals surface area contributed by atoms with Crippen molar-refractivity contribution in [3.8, 4) is 11.5 Å². The van der Waals surface area contributed by atoms with Crippen LogP contribution in [-0.4, -0.2) is 23.2 Å². The van der Waals surface area contributed by atoms with Crippen molar-refractivity contribution in [1.82, 2.24) is 15.5 Å². The van der Waals surface area contributed by atoms with Crippen LogP contribution < -0.4 is 5.32 Å². The minimum Gasteiger partial charge on any atom is -0.334 e. The van der Waals surface area contributed by atoms with E-state index in [9.17, 15) is 0 Å². The van der Waals surface area contributed by atoms with Crippen LogP contribution in [0.4, 0.5) is 0 Å². The molecule has 1 N–H and O–H groups in total. The molecule has 5 heteroatoms. The topological polar surface area (TPSA) is 51.0 Å². The summed E-state index contributed by atoms with van der Waals surface area (Å²) in [6.07, 6.45) is 0.893. The first-order chi connectivity index (χ1) is 8.31. The average Bonchev–Trinajstić information content (AvgIpc) is 2.72. The van der Waals surface area contributed by atoms with Gasteiger partial charge in [-0.3, -0.25) is 0 Å². The van der Waals surface area contributed by atoms with Crippen molar-refractivity contribution in [2.75, 3.05) is 13.1 Å². The Morgan fingerprint density at radius 1 is 1.41 bits per heavy atom. The highest BCUT2D eigenvalue weighted by atomic mass is 79.9. The lowest BCUT2D eigenvalue weighted by Crippen LogP contribution is -2.43. The molecule has 0 bridgehead atoms. The molecule has 0 radical (unpaired) electrons. The number of halogens is 1. The number of rotatable bonds is 3. The smallest absolute Gasteiger partial charge is 0.257 e. The van der Waals surface area contributed by atoms with Gasteiger partial charge in [0.25, 0.3) is 5.89 Å². The third-order valence-electron chi connectivity index (χ3n) is 2.88. The molecular weight excluding hydrogens is 282 g/mol. The Kier molecular flexibility index (Phi) is 2.94. The minimum absolute atomic E-state index is 0.591. The minimum atomic E-state index is 0.591. The Morgan fingerprint density at radius 3 is 3.00 bits per heavy atom. The van der Waals surface area contributed by atoms with E-state index in [0.717, 1.165) is 35.4 Å². The molecule has 1 aliphatic rings. The Hall–Kier alpha value is -1.20. The number of hydrogen-bond donors (Lipinski definition) is 1. The molecule has 1 aliphatic heterocycles. The predicted octanol–water partition coefficient (Wildman–Crippen LogP) is 2.26. The van der Waals surface area contributed by atoms with Crippen LogP contribution in [-0.2, 0) is 6.42 Å². The first-order valence-corrected chi connectivity index (χ1v) is 6.40. The summed E-state index contributed by atoms with van der Waals surface area (Å²) in [6, 6.07) is 7.87. The van der Waals surface area contributed by atoms with Crippen LogP contribution in [0.3, 0.4) is 0 Å². The second kappa shape index (κ2) is 4.58. The standard InChI is InChI=1S/C12H12BrN3O/c13-10-3-1-2-9(5-10)12-15-11(16-17-12)4-8-6-14-7-8/h1-3,5,8,14H,4,6-7H2. The quantitative estimate of drug-likeness (QED) is 0.943. The number of hydrogen-bond acceptors (Lipinski definition) is 4. The van der Waals surface area contributed by atoms with E-state index in [-0.39, 0.29) is 0 Å². The fourth-order valence-electron chi connectivity index (χ4n) is 1.83. The summed E-state index contributed by atoms with van der Waals surface area (Å²) in [5.74, 6) is 2.04. The summed E-state index contributed by atoms with van der Waals surface area (Å²) in [6.45, 7) is 2.11. The fraction of sp³-hybridized carbons (Fsp3) is 0.333. The molecule has 2 aromatic rings. The highest BCUT2D eigenvalue weighted by molar-refractivity contribution is 9.10. The van der Waals surface area contributed by atoms with Crippen molar-refractivity contribution < 1.29 is 4.52 Å². The van der Waals surface area contributed by atoms with Crippen LogP contribution in [0.5, 0.6) is 0 Å². The number of nitrogens with one attached hydrogen (secondary N) is 1. The third kappa shape index (κ3) is 2.40. The molecule has 0 amide bonds. The Balaban J connectivity index is 1.79. The van der Waals surface area contributed by atoms with Gasteiger partial charge in [0.15, 0.2) is 5.82 Å². The van der Waals surface area contributed by atoms with Crippen LogP contribution >= 0.6 is 15.9 Å². The van der Waals surface area contributed by atoms with Gasteiger partial charge < -0.3 is 9.84 Å². The maximum Gasteiger partial charge on any atom is 0.257 e. The zero-order chi connectivity index (χ0) is 11.7. The van der Waals surface area contributed by atoms with Crippen LogP contribution in [0.25, 0.3) is 11.5 Å². The molecule has 0 saturated carbocycles. The van der Waals surface area contributed by atoms with Crippen molar-refractivity contribution in [1.29, 1.82) is 0 Å². The molecule has 17 heavy (non-hydrogen) atoms. The van der Waals surface area contributed by atoms with Gasteiger partial charge in [-0.15, -0.1) is 0 Å². The van der Waals surface area contributed by atoms with E-state index >= 15 is 0 Å². The molecule has 1 fully saturated rings. The van der Waals surface area contributed by atoms with Crippen LogP contribution in [0, 0.1) is 5.92 Å². The maximum absolute atomic E-state index is 5.27. The summed E-state index contributed by atoms with van der Waals surface area (Å²) in [4.78, 5) is 4.42. The van der Waals surface area contributed by atoms with Crippen molar-refractivity contribution in [2.24, 2.45) is 5.92 Å². The molecule has 3 rings (SSSR count). The van der Waals surface area contributed by atoms with Crippen LogP contribution in [0.2, 0.25) is 0 Å². The largest absolute Gasteiger partial charge is 0.334 e. The van der Waals surface area contributed by atoms with Crippen molar-refractivity contribution in [3.63, 3.8) is 0 Å². The number of nitrogens with zero attached hydrogens (tertiary/aromatic N) is 2. The molecule has 0 spiro atoms. The summed E-state index contributed by atoms with van der Waals surface area (Å²) in [5, 5.41) is 7.25. The van der Waals surface area contributed by atoms with Gasteiger partial charge in [-0.25, -0.2) is 0 Å². The van der Waals surface area contributed by atoms with E-state index < -0.39 is 0 Å². The zero-order valence-electron chi connectivity index (χ0n) is 9.19. The molecule has 0 unspecified atom stereocenters. The van der Waals surface area contributed by atoms with Gasteiger partial charge in [-0.2, -0.15) is 4.98 Å². The van der Waals surface area contributed by atoms with Crippen molar-refractivity contribution in [2.45, 2.75) is 6.42 Å². The summed E-state index contributed by atoms with van der Waals surface area (Å²) in [7, 11) is 0. The van der Waals surface area contributed by atoms with Gasteiger partial charge in [0.2, 0.25) is 0 Å². The third-order valence-corrected chi connectivity index (χ3v) is 3.37. The second-order valence-corrected chi connectivity index (χ2v) is 5.17. The first-order valence-electron chi connectivity index (χ1n) is 5.60. The monoisotopic (exact) mass is 293 g/mol. The Morgan fingerprint density at radius 2 is 2.29 bits per heavy atom. The number of benzene rings is 1. The number of aromatic nitrogens is 2. The van der Waals surface area contributed by atoms with E-state index in [4.69, 9.17) is 4.52 Å². The molecule has 1 aromatic heterocycles. The summed E-state index contributed by atoms with van der Waals surface area (Å²) in [5.41, 5.74) is 0.949. The van der Waals surface area contributed by atoms with Crippen molar-refractivity contribution >= 4 is 15.9 Å². The zero-order valence-corrected chi connectivity index (χ0v) is 10.8. The van der Waals surface area contributed by atoms with Crippen LogP contribution in [0.15, 0.2) is 33.3 Å². The summed E-state index contributed by atoms with van der Waals surface area (Å²) < 4.78 is 6.28. The van der Waals surface area contributed by atoms with Crippen molar-refractivity contribution in [3.05, 3.63) is 34.6 Å². The Bertz CT molecular complexity index is 522. The highest BCUT2D eigenvalue weighted by Crippen LogP contribution is 2.22. The van der Waals surface area contributed by atoms with Crippen LogP contribution in [0.1, 0.15) is 5.82 Å². The van der Waals surface area contributed by atoms with Gasteiger partial charge in [0, 0.05) is 16.5 Å². The lowest BCUT2D eigenvalue weighted by atomic mass is 9.99. The second-order valence-electron chi connectivity index (χ2n) is 4.25. The normalized spacial score (nSPS) is 15.8. The predicted molar refractivity (Wildman–Crippen MR) is 67.5 cm³/mol. The van der Waals surface area contributed by atoms with Gasteiger partial charge >= 0.3 is 0 Å². The lowest BCUT2D eigenvalue weighted by molar-refractivity contribution is 0.333. The molecule has 4 nitrogen and oxygen atoms in total. The molecule has 2 heterocycles. The molecule has 88 valence electrons. The van der Waals surface area contributed by atoms with Gasteiger partial charge in [0.1, 0.15) is 0 Å².